The van der Waals surface area contributed by atoms with Gasteiger partial charge in [-0.15, -0.1) is 0 Å². The highest BCUT2D eigenvalue weighted by Crippen LogP contribution is 2.29. The zero-order valence-electron chi connectivity index (χ0n) is 15.3. The van der Waals surface area contributed by atoms with Crippen molar-refractivity contribution in [3.8, 4) is 0 Å². The van der Waals surface area contributed by atoms with Gasteiger partial charge in [0.1, 0.15) is 6.54 Å². The van der Waals surface area contributed by atoms with E-state index in [-0.39, 0.29) is 5.91 Å². The van der Waals surface area contributed by atoms with E-state index in [1.807, 2.05) is 0 Å². The van der Waals surface area contributed by atoms with Gasteiger partial charge in [-0.05, 0) is 49.9 Å². The Kier molecular flexibility index (Phi) is 5.34. The van der Waals surface area contributed by atoms with Crippen molar-refractivity contribution in [2.75, 3.05) is 32.8 Å². The number of nitrogens with zero attached hydrogens (tertiary/aromatic N) is 2. The Labute approximate surface area is 162 Å². The molecule has 1 aliphatic heterocycles. The molecule has 4 rings (SSSR count). The molecule has 0 unspecified atom stereocenters. The van der Waals surface area contributed by atoms with Crippen molar-refractivity contribution in [2.24, 2.45) is 0 Å². The molecule has 26 heavy (non-hydrogen) atoms. The third-order valence-corrected chi connectivity index (χ3v) is 5.94. The highest BCUT2D eigenvalue weighted by Gasteiger charge is 2.24. The number of amides is 1. The van der Waals surface area contributed by atoms with Crippen LogP contribution >= 0.6 is 15.9 Å². The summed E-state index contributed by atoms with van der Waals surface area (Å²) in [5.74, 6) is 0.121. The van der Waals surface area contributed by atoms with Gasteiger partial charge in [0, 0.05) is 46.7 Å². The van der Waals surface area contributed by atoms with Gasteiger partial charge in [0.05, 0.1) is 13.2 Å². The topological polar surface area (TPSA) is 46.5 Å². The normalized spacial score (nSPS) is 18.4. The number of halogens is 1. The van der Waals surface area contributed by atoms with E-state index in [9.17, 15) is 4.79 Å². The van der Waals surface area contributed by atoms with E-state index in [2.05, 4.69) is 55.8 Å². The number of benzene rings is 1. The number of hydrogen-bond acceptors (Lipinski definition) is 3. The molecule has 140 valence electrons. The van der Waals surface area contributed by atoms with Gasteiger partial charge in [-0.2, -0.15) is 0 Å². The Morgan fingerprint density at radius 1 is 1.31 bits per heavy atom. The number of nitrogens with one attached hydrogen (secondary N) is 1. The van der Waals surface area contributed by atoms with E-state index in [0.29, 0.717) is 12.6 Å². The zero-order chi connectivity index (χ0) is 18.1. The number of aromatic nitrogens is 1. The number of carbonyl (C=O) groups excluding carboxylic acids is 1. The van der Waals surface area contributed by atoms with E-state index in [4.69, 9.17) is 4.74 Å². The first-order valence-corrected chi connectivity index (χ1v) is 10.3. The molecule has 5 nitrogen and oxygen atoms in total. The summed E-state index contributed by atoms with van der Waals surface area (Å²) in [6, 6.07) is 6.77. The Hall–Kier alpha value is -1.37. The maximum Gasteiger partial charge on any atom is 0.240 e. The van der Waals surface area contributed by atoms with E-state index < -0.39 is 0 Å². The number of ether oxygens (including phenoxy) is 1. The molecule has 1 saturated carbocycles. The molecule has 2 heterocycles. The Morgan fingerprint density at radius 3 is 2.81 bits per heavy atom. The zero-order valence-corrected chi connectivity index (χ0v) is 16.8. The fourth-order valence-corrected chi connectivity index (χ4v) is 4.14. The molecule has 1 aromatic heterocycles. The summed E-state index contributed by atoms with van der Waals surface area (Å²) >= 11 is 3.60. The highest BCUT2D eigenvalue weighted by atomic mass is 79.9. The second-order valence-electron chi connectivity index (χ2n) is 7.36. The predicted molar refractivity (Wildman–Crippen MR) is 107 cm³/mol. The lowest BCUT2D eigenvalue weighted by Gasteiger charge is -2.26. The van der Waals surface area contributed by atoms with Crippen molar-refractivity contribution < 1.29 is 9.53 Å². The van der Waals surface area contributed by atoms with Crippen LogP contribution in [0.3, 0.4) is 0 Å². The van der Waals surface area contributed by atoms with E-state index in [0.717, 1.165) is 62.1 Å². The van der Waals surface area contributed by atoms with Gasteiger partial charge in [0.15, 0.2) is 0 Å². The van der Waals surface area contributed by atoms with Crippen LogP contribution in [0.4, 0.5) is 0 Å². The van der Waals surface area contributed by atoms with Crippen LogP contribution in [-0.2, 0) is 22.5 Å². The van der Waals surface area contributed by atoms with Gasteiger partial charge >= 0.3 is 0 Å². The molecule has 0 bridgehead atoms. The highest BCUT2D eigenvalue weighted by molar-refractivity contribution is 9.10. The van der Waals surface area contributed by atoms with Crippen molar-refractivity contribution in [1.82, 2.24) is 14.8 Å². The molecule has 1 N–H and O–H groups in total. The quantitative estimate of drug-likeness (QED) is 0.782. The van der Waals surface area contributed by atoms with Crippen LogP contribution in [0.25, 0.3) is 10.9 Å². The van der Waals surface area contributed by atoms with E-state index in [1.165, 1.54) is 16.6 Å². The number of carbonyl (C=O) groups is 1. The molecular weight excluding hydrogens is 394 g/mol. The summed E-state index contributed by atoms with van der Waals surface area (Å²) in [6.07, 6.45) is 3.24. The SMILES string of the molecule is Cc1c(CCN2CCOCC2)c2cc(Br)ccc2n1CC(=O)NC1CC1. The first-order valence-electron chi connectivity index (χ1n) is 9.48. The summed E-state index contributed by atoms with van der Waals surface area (Å²) in [7, 11) is 0. The smallest absolute Gasteiger partial charge is 0.240 e. The molecule has 1 aromatic carbocycles. The van der Waals surface area contributed by atoms with E-state index in [1.54, 1.807) is 0 Å². The summed E-state index contributed by atoms with van der Waals surface area (Å²) < 4.78 is 8.71. The molecule has 1 amide bonds. The molecule has 2 fully saturated rings. The summed E-state index contributed by atoms with van der Waals surface area (Å²) in [5, 5.41) is 4.36. The Bertz CT molecular complexity index is 807. The monoisotopic (exact) mass is 419 g/mol. The summed E-state index contributed by atoms with van der Waals surface area (Å²) in [5.41, 5.74) is 3.71. The van der Waals surface area contributed by atoms with Crippen LogP contribution < -0.4 is 5.32 Å². The Balaban J connectivity index is 1.59. The molecule has 0 atom stereocenters. The molecule has 6 heteroatoms. The van der Waals surface area contributed by atoms with Crippen molar-refractivity contribution >= 4 is 32.7 Å². The lowest BCUT2D eigenvalue weighted by molar-refractivity contribution is -0.121. The molecule has 1 saturated heterocycles. The third kappa shape index (κ3) is 3.97. The molecule has 1 aliphatic carbocycles. The van der Waals surface area contributed by atoms with Gasteiger partial charge in [-0.25, -0.2) is 0 Å². The van der Waals surface area contributed by atoms with Crippen molar-refractivity contribution in [2.45, 2.75) is 38.8 Å². The van der Waals surface area contributed by atoms with Crippen LogP contribution in [0.1, 0.15) is 24.1 Å². The van der Waals surface area contributed by atoms with Crippen molar-refractivity contribution in [3.63, 3.8) is 0 Å². The van der Waals surface area contributed by atoms with Crippen LogP contribution in [0.15, 0.2) is 22.7 Å². The minimum absolute atomic E-state index is 0.121. The Morgan fingerprint density at radius 2 is 2.08 bits per heavy atom. The van der Waals surface area contributed by atoms with Crippen molar-refractivity contribution in [1.29, 1.82) is 0 Å². The van der Waals surface area contributed by atoms with Crippen LogP contribution in [0.2, 0.25) is 0 Å². The van der Waals surface area contributed by atoms with Crippen LogP contribution in [0, 0.1) is 6.92 Å². The predicted octanol–water partition coefficient (Wildman–Crippen LogP) is 2.87. The molecule has 0 radical (unpaired) electrons. The first-order chi connectivity index (χ1) is 12.6. The lowest BCUT2D eigenvalue weighted by Crippen LogP contribution is -2.37. The van der Waals surface area contributed by atoms with Crippen LogP contribution in [-0.4, -0.2) is 54.3 Å². The van der Waals surface area contributed by atoms with Gasteiger partial charge in [-0.3, -0.25) is 9.69 Å². The van der Waals surface area contributed by atoms with Gasteiger partial charge in [0.2, 0.25) is 5.91 Å². The second kappa shape index (κ2) is 7.71. The number of hydrogen-bond donors (Lipinski definition) is 1. The van der Waals surface area contributed by atoms with Gasteiger partial charge < -0.3 is 14.6 Å². The largest absolute Gasteiger partial charge is 0.379 e. The van der Waals surface area contributed by atoms with Gasteiger partial charge in [0.25, 0.3) is 0 Å². The maximum absolute atomic E-state index is 12.4. The molecule has 2 aliphatic rings. The lowest BCUT2D eigenvalue weighted by atomic mass is 10.1. The number of morpholine rings is 1. The average Bonchev–Trinajstić information content (AvgIpc) is 3.41. The first kappa shape index (κ1) is 18.0. The third-order valence-electron chi connectivity index (χ3n) is 5.44. The molecule has 2 aromatic rings. The standard InChI is InChI=1S/C20H26BrN3O2/c1-14-17(6-7-23-8-10-26-11-9-23)18-12-15(21)2-5-19(18)24(14)13-20(25)22-16-3-4-16/h2,5,12,16H,3-4,6-11,13H2,1H3,(H,22,25). The fraction of sp³-hybridized carbons (Fsp3) is 0.550. The minimum Gasteiger partial charge on any atom is -0.379 e. The molecular formula is C20H26BrN3O2. The maximum atomic E-state index is 12.4. The van der Waals surface area contributed by atoms with E-state index >= 15 is 0 Å². The number of rotatable bonds is 6. The van der Waals surface area contributed by atoms with Crippen molar-refractivity contribution in [3.05, 3.63) is 33.9 Å². The number of fused-ring (bicyclic) bond motifs is 1. The molecule has 0 spiro atoms. The summed E-state index contributed by atoms with van der Waals surface area (Å²) in [4.78, 5) is 14.8. The van der Waals surface area contributed by atoms with Crippen LogP contribution in [0.5, 0.6) is 0 Å². The minimum atomic E-state index is 0.121. The fourth-order valence-electron chi connectivity index (χ4n) is 3.78. The average molecular weight is 420 g/mol. The summed E-state index contributed by atoms with van der Waals surface area (Å²) in [6.45, 7) is 7.24. The second-order valence-corrected chi connectivity index (χ2v) is 8.27. The van der Waals surface area contributed by atoms with Gasteiger partial charge in [-0.1, -0.05) is 15.9 Å².